The molecule has 0 atom stereocenters. The van der Waals surface area contributed by atoms with Crippen LogP contribution < -0.4 is 0 Å². The first-order chi connectivity index (χ1) is 5.72. The lowest BCUT2D eigenvalue weighted by atomic mass is 10.2. The standard InChI is InChI=1S/C9H5INO/c10-8-4-7(2-1-3-11)5-9(12)6-8/h1-2,4-6H. The molecule has 1 aromatic carbocycles. The van der Waals surface area contributed by atoms with Gasteiger partial charge in [-0.1, -0.05) is 0 Å². The number of nitrogens with zero attached hydrogens (tertiary/aromatic N) is 1. The van der Waals surface area contributed by atoms with Gasteiger partial charge in [0, 0.05) is 9.65 Å². The number of allylic oxidation sites excluding steroid dienone is 1. The molecule has 0 bridgehead atoms. The smallest absolute Gasteiger partial charge is 0.180 e. The van der Waals surface area contributed by atoms with Gasteiger partial charge in [-0.2, -0.15) is 5.26 Å². The van der Waals surface area contributed by atoms with Crippen molar-refractivity contribution < 1.29 is 5.11 Å². The highest BCUT2D eigenvalue weighted by molar-refractivity contribution is 14.1. The SMILES string of the molecule is N#CC=Cc1cc([O])cc(I)c1. The molecule has 0 aromatic heterocycles. The van der Waals surface area contributed by atoms with Crippen molar-refractivity contribution in [1.82, 2.24) is 0 Å². The average Bonchev–Trinajstić information content (AvgIpc) is 1.99. The van der Waals surface area contributed by atoms with Crippen molar-refractivity contribution in [3.63, 3.8) is 0 Å². The Morgan fingerprint density at radius 2 is 2.17 bits per heavy atom. The fourth-order valence-electron chi connectivity index (χ4n) is 0.814. The summed E-state index contributed by atoms with van der Waals surface area (Å²) in [5.74, 6) is -0.0283. The summed E-state index contributed by atoms with van der Waals surface area (Å²) in [6.45, 7) is 0. The quantitative estimate of drug-likeness (QED) is 0.571. The summed E-state index contributed by atoms with van der Waals surface area (Å²) < 4.78 is 0.887. The maximum Gasteiger partial charge on any atom is 0.180 e. The third kappa shape index (κ3) is 2.55. The van der Waals surface area contributed by atoms with Gasteiger partial charge >= 0.3 is 0 Å². The van der Waals surface area contributed by atoms with E-state index in [-0.39, 0.29) is 5.75 Å². The highest BCUT2D eigenvalue weighted by Gasteiger charge is 1.95. The van der Waals surface area contributed by atoms with E-state index in [0.29, 0.717) is 0 Å². The van der Waals surface area contributed by atoms with Gasteiger partial charge in [0.05, 0.1) is 6.07 Å². The van der Waals surface area contributed by atoms with Gasteiger partial charge in [0.15, 0.2) is 5.75 Å². The molecule has 3 heteroatoms. The molecule has 0 unspecified atom stereocenters. The molecule has 1 aromatic rings. The molecule has 0 saturated heterocycles. The number of halogens is 1. The molecule has 0 fully saturated rings. The Hall–Kier alpha value is -1.02. The topological polar surface area (TPSA) is 43.7 Å². The average molecular weight is 270 g/mol. The minimum atomic E-state index is -0.0283. The van der Waals surface area contributed by atoms with E-state index in [1.165, 1.54) is 12.1 Å². The van der Waals surface area contributed by atoms with Crippen LogP contribution in [0.15, 0.2) is 24.3 Å². The number of hydrogen-bond donors (Lipinski definition) is 0. The zero-order valence-electron chi connectivity index (χ0n) is 6.12. The molecule has 0 amide bonds. The Balaban J connectivity index is 3.03. The molecule has 2 nitrogen and oxygen atoms in total. The lowest BCUT2D eigenvalue weighted by Crippen LogP contribution is -1.74. The summed E-state index contributed by atoms with van der Waals surface area (Å²) in [7, 11) is 0. The van der Waals surface area contributed by atoms with Gasteiger partial charge in [-0.15, -0.1) is 0 Å². The lowest BCUT2D eigenvalue weighted by molar-refractivity contribution is 0.354. The van der Waals surface area contributed by atoms with E-state index in [1.807, 2.05) is 12.1 Å². The van der Waals surface area contributed by atoms with Crippen LogP contribution >= 0.6 is 22.6 Å². The Labute approximate surface area is 84.3 Å². The van der Waals surface area contributed by atoms with Crippen LogP contribution in [0.4, 0.5) is 0 Å². The first-order valence-electron chi connectivity index (χ1n) is 3.26. The van der Waals surface area contributed by atoms with E-state index in [9.17, 15) is 5.11 Å². The van der Waals surface area contributed by atoms with E-state index in [1.54, 1.807) is 12.1 Å². The zero-order valence-corrected chi connectivity index (χ0v) is 8.28. The van der Waals surface area contributed by atoms with Gasteiger partial charge in [0.25, 0.3) is 0 Å². The third-order valence-electron chi connectivity index (χ3n) is 1.24. The molecule has 0 saturated carbocycles. The van der Waals surface area contributed by atoms with Crippen LogP contribution in [0.3, 0.4) is 0 Å². The van der Waals surface area contributed by atoms with Crippen molar-refractivity contribution in [2.45, 2.75) is 0 Å². The van der Waals surface area contributed by atoms with Crippen LogP contribution in [0.5, 0.6) is 5.75 Å². The molecule has 12 heavy (non-hydrogen) atoms. The molecule has 1 radical (unpaired) electrons. The van der Waals surface area contributed by atoms with Gasteiger partial charge in [-0.25, -0.2) is 0 Å². The van der Waals surface area contributed by atoms with Crippen LogP contribution in [0.1, 0.15) is 5.56 Å². The van der Waals surface area contributed by atoms with E-state index in [2.05, 4.69) is 22.6 Å². The predicted molar refractivity (Wildman–Crippen MR) is 53.9 cm³/mol. The van der Waals surface area contributed by atoms with Crippen molar-refractivity contribution in [2.75, 3.05) is 0 Å². The van der Waals surface area contributed by atoms with Crippen molar-refractivity contribution in [3.8, 4) is 11.8 Å². The summed E-state index contributed by atoms with van der Waals surface area (Å²) in [6.07, 6.45) is 2.97. The van der Waals surface area contributed by atoms with E-state index >= 15 is 0 Å². The zero-order chi connectivity index (χ0) is 8.97. The monoisotopic (exact) mass is 270 g/mol. The Bertz CT molecular complexity index is 332. The molecule has 1 rings (SSSR count). The van der Waals surface area contributed by atoms with Crippen LogP contribution in [0.25, 0.3) is 6.08 Å². The molecule has 59 valence electrons. The number of nitriles is 1. The fraction of sp³-hybridized carbons (Fsp3) is 0. The van der Waals surface area contributed by atoms with Gasteiger partial charge in [-0.05, 0) is 52.4 Å². The molecule has 0 aliphatic heterocycles. The maximum absolute atomic E-state index is 11.0. The Morgan fingerprint density at radius 1 is 1.42 bits per heavy atom. The number of hydrogen-bond acceptors (Lipinski definition) is 1. The van der Waals surface area contributed by atoms with Gasteiger partial charge in [-0.3, -0.25) is 5.11 Å². The molecule has 0 spiro atoms. The van der Waals surface area contributed by atoms with E-state index < -0.39 is 0 Å². The molecule has 0 N–H and O–H groups in total. The summed E-state index contributed by atoms with van der Waals surface area (Å²) >= 11 is 2.07. The van der Waals surface area contributed by atoms with Gasteiger partial charge in [0.2, 0.25) is 0 Å². The van der Waals surface area contributed by atoms with E-state index in [0.717, 1.165) is 9.13 Å². The third-order valence-corrected chi connectivity index (χ3v) is 1.87. The lowest BCUT2D eigenvalue weighted by Gasteiger charge is -1.94. The summed E-state index contributed by atoms with van der Waals surface area (Å²) in [5, 5.41) is 19.2. The fourth-order valence-corrected chi connectivity index (χ4v) is 1.48. The molecular weight excluding hydrogens is 265 g/mol. The van der Waals surface area contributed by atoms with Gasteiger partial charge < -0.3 is 0 Å². The van der Waals surface area contributed by atoms with Gasteiger partial charge in [0.1, 0.15) is 0 Å². The first-order valence-corrected chi connectivity index (χ1v) is 4.34. The van der Waals surface area contributed by atoms with Crippen molar-refractivity contribution in [2.24, 2.45) is 0 Å². The van der Waals surface area contributed by atoms with Crippen LogP contribution in [-0.2, 0) is 5.11 Å². The van der Waals surface area contributed by atoms with Crippen molar-refractivity contribution in [1.29, 1.82) is 5.26 Å². The Kier molecular flexibility index (Phi) is 3.11. The summed E-state index contributed by atoms with van der Waals surface area (Å²) in [6, 6.07) is 6.76. The minimum Gasteiger partial charge on any atom is -0.290 e. The highest BCUT2D eigenvalue weighted by Crippen LogP contribution is 2.18. The second kappa shape index (κ2) is 4.12. The van der Waals surface area contributed by atoms with Crippen molar-refractivity contribution >= 4 is 28.7 Å². The summed E-state index contributed by atoms with van der Waals surface area (Å²) in [5.41, 5.74) is 0.772. The second-order valence-electron chi connectivity index (χ2n) is 2.18. The first kappa shape index (κ1) is 9.07. The van der Waals surface area contributed by atoms with Crippen molar-refractivity contribution in [3.05, 3.63) is 33.4 Å². The number of rotatable bonds is 1. The van der Waals surface area contributed by atoms with Crippen LogP contribution in [-0.4, -0.2) is 0 Å². The molecule has 0 heterocycles. The van der Waals surface area contributed by atoms with E-state index in [4.69, 9.17) is 5.26 Å². The minimum absolute atomic E-state index is 0.0283. The van der Waals surface area contributed by atoms with Crippen LogP contribution in [0.2, 0.25) is 0 Å². The molecular formula is C9H5INO. The predicted octanol–water partition coefficient (Wildman–Crippen LogP) is 2.97. The highest BCUT2D eigenvalue weighted by atomic mass is 127. The molecule has 0 aliphatic carbocycles. The maximum atomic E-state index is 11.0. The largest absolute Gasteiger partial charge is 0.290 e. The summed E-state index contributed by atoms with van der Waals surface area (Å²) in [4.78, 5) is 0. The second-order valence-corrected chi connectivity index (χ2v) is 3.43. The molecule has 0 aliphatic rings. The normalized spacial score (nSPS) is 10.0. The number of benzene rings is 1. The van der Waals surface area contributed by atoms with Crippen LogP contribution in [0, 0.1) is 14.9 Å². The Morgan fingerprint density at radius 3 is 2.75 bits per heavy atom.